The third-order valence-corrected chi connectivity index (χ3v) is 2.74. The molecule has 0 bridgehead atoms. The molecule has 6 heteroatoms. The molecule has 0 aliphatic rings. The highest BCUT2D eigenvalue weighted by Gasteiger charge is 2.06. The van der Waals surface area contributed by atoms with Gasteiger partial charge in [-0.05, 0) is 43.7 Å². The van der Waals surface area contributed by atoms with Crippen molar-refractivity contribution in [1.82, 2.24) is 0 Å². The first-order valence-corrected chi connectivity index (χ1v) is 7.10. The molecule has 0 radical (unpaired) electrons. The summed E-state index contributed by atoms with van der Waals surface area (Å²) < 4.78 is 0. The molecule has 0 aromatic heterocycles. The molecule has 23 heavy (non-hydrogen) atoms. The molecule has 0 saturated carbocycles. The Morgan fingerprint density at radius 3 is 2.17 bits per heavy atom. The van der Waals surface area contributed by atoms with Crippen molar-refractivity contribution in [2.75, 3.05) is 10.6 Å². The highest BCUT2D eigenvalue weighted by Crippen LogP contribution is 2.14. The molecule has 1 rings (SSSR count). The number of rotatable bonds is 8. The largest absolute Gasteiger partial charge is 0.481 e. The van der Waals surface area contributed by atoms with Gasteiger partial charge in [0.1, 0.15) is 0 Å². The highest BCUT2D eigenvalue weighted by molar-refractivity contribution is 5.99. The summed E-state index contributed by atoms with van der Waals surface area (Å²) in [4.78, 5) is 33.5. The van der Waals surface area contributed by atoms with E-state index < -0.39 is 5.97 Å². The number of nitrogens with one attached hydrogen (secondary N) is 2. The minimum absolute atomic E-state index is 0.0820. The number of allylic oxidation sites excluding steroid dienone is 2. The van der Waals surface area contributed by atoms with Gasteiger partial charge in [0.25, 0.3) is 0 Å². The molecule has 3 N–H and O–H groups in total. The van der Waals surface area contributed by atoms with Crippen molar-refractivity contribution in [2.45, 2.75) is 26.2 Å². The summed E-state index contributed by atoms with van der Waals surface area (Å²) in [6.45, 7) is 5.62. The second-order valence-electron chi connectivity index (χ2n) is 5.07. The van der Waals surface area contributed by atoms with Gasteiger partial charge in [0.2, 0.25) is 11.8 Å². The van der Waals surface area contributed by atoms with Gasteiger partial charge in [0.05, 0.1) is 6.42 Å². The van der Waals surface area contributed by atoms with Crippen LogP contribution in [0.1, 0.15) is 26.2 Å². The van der Waals surface area contributed by atoms with Crippen LogP contribution in [-0.4, -0.2) is 22.9 Å². The van der Waals surface area contributed by atoms with E-state index in [1.165, 1.54) is 6.08 Å². The molecular weight excluding hydrogens is 296 g/mol. The first kappa shape index (κ1) is 18.2. The van der Waals surface area contributed by atoms with Crippen LogP contribution in [0, 0.1) is 0 Å². The van der Waals surface area contributed by atoms with E-state index in [4.69, 9.17) is 5.11 Å². The average Bonchev–Trinajstić information content (AvgIpc) is 2.47. The Kier molecular flexibility index (Phi) is 7.26. The molecule has 2 amide bonds. The minimum Gasteiger partial charge on any atom is -0.481 e. The maximum absolute atomic E-state index is 11.7. The third kappa shape index (κ3) is 8.21. The van der Waals surface area contributed by atoms with Gasteiger partial charge in [-0.1, -0.05) is 18.2 Å². The lowest BCUT2D eigenvalue weighted by Gasteiger charge is -2.06. The molecule has 1 aromatic carbocycles. The van der Waals surface area contributed by atoms with Crippen molar-refractivity contribution in [3.63, 3.8) is 0 Å². The first-order valence-electron chi connectivity index (χ1n) is 7.10. The van der Waals surface area contributed by atoms with Crippen molar-refractivity contribution in [3.8, 4) is 0 Å². The van der Waals surface area contributed by atoms with Gasteiger partial charge in [-0.3, -0.25) is 14.4 Å². The molecule has 0 spiro atoms. The predicted octanol–water partition coefficient (Wildman–Crippen LogP) is 2.95. The molecular formula is C17H20N2O4. The van der Waals surface area contributed by atoms with E-state index in [-0.39, 0.29) is 24.7 Å². The second kappa shape index (κ2) is 9.19. The molecule has 122 valence electrons. The van der Waals surface area contributed by atoms with Gasteiger partial charge in [-0.2, -0.15) is 0 Å². The van der Waals surface area contributed by atoms with Crippen molar-refractivity contribution in [3.05, 3.63) is 48.6 Å². The molecule has 0 saturated heterocycles. The lowest BCUT2D eigenvalue weighted by molar-refractivity contribution is -0.138. The number of carbonyl (C=O) groups is 3. The molecule has 6 nitrogen and oxygen atoms in total. The van der Waals surface area contributed by atoms with Gasteiger partial charge in [-0.15, -0.1) is 0 Å². The zero-order chi connectivity index (χ0) is 17.2. The fourth-order valence-electron chi connectivity index (χ4n) is 1.63. The van der Waals surface area contributed by atoms with E-state index in [0.717, 1.165) is 5.57 Å². The Morgan fingerprint density at radius 2 is 1.65 bits per heavy atom. The molecule has 1 aromatic rings. The number of anilines is 2. The van der Waals surface area contributed by atoms with Crippen LogP contribution in [0.2, 0.25) is 0 Å². The Hall–Kier alpha value is -2.89. The number of aliphatic carboxylic acids is 1. The molecule has 0 fully saturated rings. The Morgan fingerprint density at radius 1 is 1.09 bits per heavy atom. The summed E-state index contributed by atoms with van der Waals surface area (Å²) in [7, 11) is 0. The molecule has 0 aliphatic heterocycles. The average molecular weight is 316 g/mol. The van der Waals surface area contributed by atoms with Crippen LogP contribution in [0.15, 0.2) is 48.6 Å². The maximum atomic E-state index is 11.7. The lowest BCUT2D eigenvalue weighted by atomic mass is 10.2. The van der Waals surface area contributed by atoms with Crippen LogP contribution in [0.5, 0.6) is 0 Å². The SMILES string of the molecule is C=C(C)C/C=C/C(=O)Nc1ccc(NC(=O)CCC(=O)O)cc1. The summed E-state index contributed by atoms with van der Waals surface area (Å²) in [6.07, 6.45) is 3.53. The Balaban J connectivity index is 2.48. The summed E-state index contributed by atoms with van der Waals surface area (Å²) >= 11 is 0. The fraction of sp³-hybridized carbons (Fsp3) is 0.235. The van der Waals surface area contributed by atoms with Crippen LogP contribution >= 0.6 is 0 Å². The summed E-state index contributed by atoms with van der Waals surface area (Å²) in [6, 6.07) is 6.56. The molecule has 0 aliphatic carbocycles. The number of hydrogen-bond donors (Lipinski definition) is 3. The topological polar surface area (TPSA) is 95.5 Å². The Bertz CT molecular complexity index is 618. The number of amides is 2. The van der Waals surface area contributed by atoms with Crippen molar-refractivity contribution >= 4 is 29.2 Å². The van der Waals surface area contributed by atoms with Crippen LogP contribution < -0.4 is 10.6 Å². The van der Waals surface area contributed by atoms with E-state index in [2.05, 4.69) is 17.2 Å². The minimum atomic E-state index is -1.02. The summed E-state index contributed by atoms with van der Waals surface area (Å²) in [5.74, 6) is -1.63. The molecule has 0 unspecified atom stereocenters. The maximum Gasteiger partial charge on any atom is 0.303 e. The number of carboxylic acid groups (broad SMARTS) is 1. The van der Waals surface area contributed by atoms with Gasteiger partial charge in [-0.25, -0.2) is 0 Å². The lowest BCUT2D eigenvalue weighted by Crippen LogP contribution is -2.13. The number of hydrogen-bond acceptors (Lipinski definition) is 3. The summed E-state index contributed by atoms with van der Waals surface area (Å²) in [5, 5.41) is 13.8. The van der Waals surface area contributed by atoms with E-state index in [9.17, 15) is 14.4 Å². The third-order valence-electron chi connectivity index (χ3n) is 2.74. The zero-order valence-corrected chi connectivity index (χ0v) is 13.0. The molecule has 0 heterocycles. The number of carboxylic acids is 1. The van der Waals surface area contributed by atoms with Gasteiger partial charge in [0.15, 0.2) is 0 Å². The van der Waals surface area contributed by atoms with Crippen LogP contribution in [0.3, 0.4) is 0 Å². The predicted molar refractivity (Wildman–Crippen MR) is 89.1 cm³/mol. The second-order valence-corrected chi connectivity index (χ2v) is 5.07. The standard InChI is InChI=1S/C17H20N2O4/c1-12(2)4-3-5-15(20)18-13-6-8-14(9-7-13)19-16(21)10-11-17(22)23/h3,5-9H,1,4,10-11H2,2H3,(H,18,20)(H,19,21)(H,22,23)/b5-3+. The monoisotopic (exact) mass is 316 g/mol. The normalized spacial score (nSPS) is 10.3. The van der Waals surface area contributed by atoms with Crippen LogP contribution in [0.4, 0.5) is 11.4 Å². The van der Waals surface area contributed by atoms with E-state index >= 15 is 0 Å². The Labute approximate surface area is 134 Å². The quantitative estimate of drug-likeness (QED) is 0.507. The highest BCUT2D eigenvalue weighted by atomic mass is 16.4. The van der Waals surface area contributed by atoms with Gasteiger partial charge in [0, 0.05) is 17.8 Å². The smallest absolute Gasteiger partial charge is 0.303 e. The van der Waals surface area contributed by atoms with Gasteiger partial charge < -0.3 is 15.7 Å². The van der Waals surface area contributed by atoms with Gasteiger partial charge >= 0.3 is 5.97 Å². The molecule has 0 atom stereocenters. The van der Waals surface area contributed by atoms with Crippen LogP contribution in [0.25, 0.3) is 0 Å². The van der Waals surface area contributed by atoms with E-state index in [1.54, 1.807) is 30.3 Å². The fourth-order valence-corrected chi connectivity index (χ4v) is 1.63. The zero-order valence-electron chi connectivity index (χ0n) is 13.0. The van der Waals surface area contributed by atoms with Crippen molar-refractivity contribution in [1.29, 1.82) is 0 Å². The van der Waals surface area contributed by atoms with Crippen molar-refractivity contribution < 1.29 is 19.5 Å². The van der Waals surface area contributed by atoms with Crippen LogP contribution in [-0.2, 0) is 14.4 Å². The summed E-state index contributed by atoms with van der Waals surface area (Å²) in [5.41, 5.74) is 2.10. The number of benzene rings is 1. The van der Waals surface area contributed by atoms with Crippen molar-refractivity contribution in [2.24, 2.45) is 0 Å². The van der Waals surface area contributed by atoms with E-state index in [1.807, 2.05) is 6.92 Å². The first-order chi connectivity index (χ1) is 10.9. The number of carbonyl (C=O) groups excluding carboxylic acids is 2. The van der Waals surface area contributed by atoms with E-state index in [0.29, 0.717) is 17.8 Å².